The highest BCUT2D eigenvalue weighted by Crippen LogP contribution is 2.23. The molecule has 0 bridgehead atoms. The van der Waals surface area contributed by atoms with E-state index in [0.717, 1.165) is 12.8 Å². The molecule has 1 amide bonds. The molecule has 25 heavy (non-hydrogen) atoms. The van der Waals surface area contributed by atoms with E-state index in [0.29, 0.717) is 31.1 Å². The normalized spacial score (nSPS) is 16.1. The molecule has 0 spiro atoms. The number of likely N-dealkylation sites (tertiary alicyclic amines) is 1. The van der Waals surface area contributed by atoms with Crippen molar-refractivity contribution in [1.29, 1.82) is 0 Å². The van der Waals surface area contributed by atoms with E-state index in [1.54, 1.807) is 41.3 Å². The quantitative estimate of drug-likeness (QED) is 0.879. The molecule has 1 aliphatic heterocycles. The summed E-state index contributed by atoms with van der Waals surface area (Å²) in [6.45, 7) is 1.86. The molecule has 1 aromatic carbocycles. The molecule has 2 N–H and O–H groups in total. The lowest BCUT2D eigenvalue weighted by Crippen LogP contribution is -2.40. The summed E-state index contributed by atoms with van der Waals surface area (Å²) in [5, 5.41) is 0. The van der Waals surface area contributed by atoms with E-state index in [-0.39, 0.29) is 22.3 Å². The van der Waals surface area contributed by atoms with Crippen molar-refractivity contribution in [2.24, 2.45) is 11.7 Å². The van der Waals surface area contributed by atoms with Crippen molar-refractivity contribution < 1.29 is 17.6 Å². The van der Waals surface area contributed by atoms with Crippen LogP contribution in [0.15, 0.2) is 52.0 Å². The lowest BCUT2D eigenvalue weighted by Gasteiger charge is -2.31. The second-order valence-electron chi connectivity index (χ2n) is 6.32. The molecule has 1 saturated heterocycles. The Bertz CT molecular complexity index is 822. The third kappa shape index (κ3) is 3.93. The molecule has 2 heterocycles. The van der Waals surface area contributed by atoms with Crippen molar-refractivity contribution >= 4 is 15.7 Å². The summed E-state index contributed by atoms with van der Waals surface area (Å²) in [4.78, 5) is 14.7. The number of amides is 1. The summed E-state index contributed by atoms with van der Waals surface area (Å²) in [6.07, 6.45) is 3.09. The molecule has 1 aromatic heterocycles. The van der Waals surface area contributed by atoms with E-state index >= 15 is 0 Å². The highest BCUT2D eigenvalue weighted by molar-refractivity contribution is 7.90. The van der Waals surface area contributed by atoms with Gasteiger partial charge in [-0.1, -0.05) is 18.2 Å². The minimum Gasteiger partial charge on any atom is -0.459 e. The molecule has 0 aliphatic carbocycles. The number of carbonyl (C=O) groups is 1. The molecule has 1 aliphatic rings. The average Bonchev–Trinajstić information content (AvgIpc) is 3.09. The number of hydrogen-bond acceptors (Lipinski definition) is 5. The Morgan fingerprint density at radius 3 is 2.48 bits per heavy atom. The Morgan fingerprint density at radius 2 is 1.84 bits per heavy atom. The molecule has 7 heteroatoms. The zero-order valence-corrected chi connectivity index (χ0v) is 14.7. The van der Waals surface area contributed by atoms with Gasteiger partial charge in [0, 0.05) is 18.7 Å². The maximum absolute atomic E-state index is 12.7. The first-order valence-corrected chi connectivity index (χ1v) is 10.00. The van der Waals surface area contributed by atoms with Crippen LogP contribution in [-0.2, 0) is 15.6 Å². The molecular weight excluding hydrogens is 340 g/mol. The zero-order chi connectivity index (χ0) is 17.9. The van der Waals surface area contributed by atoms with Gasteiger partial charge in [-0.3, -0.25) is 4.79 Å². The van der Waals surface area contributed by atoms with Crippen LogP contribution < -0.4 is 5.73 Å². The van der Waals surface area contributed by atoms with E-state index in [4.69, 9.17) is 10.2 Å². The Kier molecular flexibility index (Phi) is 5.24. The second-order valence-corrected chi connectivity index (χ2v) is 8.31. The number of nitrogens with two attached hydrogens (primary N) is 1. The highest BCUT2D eigenvalue weighted by Gasteiger charge is 2.28. The van der Waals surface area contributed by atoms with Crippen molar-refractivity contribution in [1.82, 2.24) is 4.90 Å². The van der Waals surface area contributed by atoms with E-state index in [1.165, 1.54) is 6.26 Å². The molecule has 0 saturated carbocycles. The maximum atomic E-state index is 12.7. The fraction of sp³-hybridized carbons (Fsp3) is 0.389. The number of furan rings is 1. The molecule has 2 aromatic rings. The van der Waals surface area contributed by atoms with Gasteiger partial charge in [-0.2, -0.15) is 0 Å². The van der Waals surface area contributed by atoms with E-state index in [1.807, 2.05) is 0 Å². The number of nitrogens with zero attached hydrogens (tertiary/aromatic N) is 1. The van der Waals surface area contributed by atoms with Crippen molar-refractivity contribution in [3.8, 4) is 0 Å². The van der Waals surface area contributed by atoms with Gasteiger partial charge >= 0.3 is 0 Å². The number of piperidine rings is 1. The van der Waals surface area contributed by atoms with Crippen LogP contribution in [0.1, 0.15) is 29.0 Å². The van der Waals surface area contributed by atoms with Gasteiger partial charge in [0.1, 0.15) is 0 Å². The number of rotatable bonds is 5. The van der Waals surface area contributed by atoms with Gasteiger partial charge in [0.05, 0.1) is 16.9 Å². The Labute approximate surface area is 147 Å². The zero-order valence-electron chi connectivity index (χ0n) is 13.9. The molecular formula is C18H22N2O4S. The van der Waals surface area contributed by atoms with Crippen molar-refractivity contribution in [2.75, 3.05) is 19.6 Å². The SMILES string of the molecule is NCC1CCN(C(=O)c2occc2CS(=O)(=O)c2ccccc2)CC1. The van der Waals surface area contributed by atoms with Gasteiger partial charge < -0.3 is 15.1 Å². The number of benzene rings is 1. The summed E-state index contributed by atoms with van der Waals surface area (Å²) in [6, 6.07) is 9.77. The Morgan fingerprint density at radius 1 is 1.16 bits per heavy atom. The standard InChI is InChI=1S/C18H22N2O4S/c19-12-14-6-9-20(10-7-14)18(21)17-15(8-11-24-17)13-25(22,23)16-4-2-1-3-5-16/h1-5,8,11,14H,6-7,9-10,12-13,19H2. The lowest BCUT2D eigenvalue weighted by atomic mass is 9.97. The average molecular weight is 362 g/mol. The van der Waals surface area contributed by atoms with Gasteiger partial charge in [0.15, 0.2) is 15.6 Å². The predicted octanol–water partition coefficient (Wildman–Crippen LogP) is 2.06. The van der Waals surface area contributed by atoms with E-state index < -0.39 is 9.84 Å². The molecule has 0 radical (unpaired) electrons. The first kappa shape index (κ1) is 17.7. The van der Waals surface area contributed by atoms with Crippen LogP contribution >= 0.6 is 0 Å². The van der Waals surface area contributed by atoms with Gasteiger partial charge in [-0.25, -0.2) is 8.42 Å². The predicted molar refractivity (Wildman–Crippen MR) is 93.7 cm³/mol. The smallest absolute Gasteiger partial charge is 0.289 e. The molecule has 1 fully saturated rings. The van der Waals surface area contributed by atoms with Crippen LogP contribution in [0.5, 0.6) is 0 Å². The first-order chi connectivity index (χ1) is 12.0. The monoisotopic (exact) mass is 362 g/mol. The van der Waals surface area contributed by atoms with Crippen molar-refractivity contribution in [3.63, 3.8) is 0 Å². The summed E-state index contributed by atoms with van der Waals surface area (Å²) >= 11 is 0. The van der Waals surface area contributed by atoms with Gasteiger partial charge in [-0.15, -0.1) is 0 Å². The van der Waals surface area contributed by atoms with Crippen LogP contribution in [0.4, 0.5) is 0 Å². The number of hydrogen-bond donors (Lipinski definition) is 1. The summed E-state index contributed by atoms with van der Waals surface area (Å²) < 4.78 is 30.4. The van der Waals surface area contributed by atoms with Gasteiger partial charge in [0.2, 0.25) is 0 Å². The van der Waals surface area contributed by atoms with Crippen LogP contribution in [0, 0.1) is 5.92 Å². The van der Waals surface area contributed by atoms with Crippen molar-refractivity contribution in [3.05, 3.63) is 54.0 Å². The van der Waals surface area contributed by atoms with Crippen molar-refractivity contribution in [2.45, 2.75) is 23.5 Å². The summed E-state index contributed by atoms with van der Waals surface area (Å²) in [5.74, 6) is 0.0523. The second kappa shape index (κ2) is 7.41. The fourth-order valence-corrected chi connectivity index (χ4v) is 4.44. The minimum atomic E-state index is -3.53. The largest absolute Gasteiger partial charge is 0.459 e. The topological polar surface area (TPSA) is 93.6 Å². The number of sulfone groups is 1. The molecule has 6 nitrogen and oxygen atoms in total. The Hall–Kier alpha value is -2.12. The lowest BCUT2D eigenvalue weighted by molar-refractivity contribution is 0.0660. The van der Waals surface area contributed by atoms with Crippen LogP contribution in [-0.4, -0.2) is 38.9 Å². The first-order valence-electron chi connectivity index (χ1n) is 8.35. The third-order valence-corrected chi connectivity index (χ3v) is 6.31. The molecule has 0 atom stereocenters. The van der Waals surface area contributed by atoms with Crippen LogP contribution in [0.3, 0.4) is 0 Å². The van der Waals surface area contributed by atoms with Crippen LogP contribution in [0.25, 0.3) is 0 Å². The van der Waals surface area contributed by atoms with Crippen LogP contribution in [0.2, 0.25) is 0 Å². The molecule has 3 rings (SSSR count). The molecule has 134 valence electrons. The maximum Gasteiger partial charge on any atom is 0.289 e. The third-order valence-electron chi connectivity index (χ3n) is 4.62. The number of carbonyl (C=O) groups excluding carboxylic acids is 1. The summed E-state index contributed by atoms with van der Waals surface area (Å²) in [7, 11) is -3.53. The van der Waals surface area contributed by atoms with E-state index in [2.05, 4.69) is 0 Å². The van der Waals surface area contributed by atoms with E-state index in [9.17, 15) is 13.2 Å². The minimum absolute atomic E-state index is 0.116. The summed E-state index contributed by atoms with van der Waals surface area (Å²) in [5.41, 5.74) is 6.08. The fourth-order valence-electron chi connectivity index (χ4n) is 3.07. The highest BCUT2D eigenvalue weighted by atomic mass is 32.2. The Balaban J connectivity index is 1.76. The van der Waals surface area contributed by atoms with Gasteiger partial charge in [0.25, 0.3) is 5.91 Å². The molecule has 0 unspecified atom stereocenters. The van der Waals surface area contributed by atoms with Gasteiger partial charge in [-0.05, 0) is 43.5 Å².